The summed E-state index contributed by atoms with van der Waals surface area (Å²) in [5, 5.41) is 2.95. The molecule has 0 bridgehead atoms. The van der Waals surface area contributed by atoms with Gasteiger partial charge in [0.1, 0.15) is 11.9 Å². The first-order valence-corrected chi connectivity index (χ1v) is 6.30. The number of alkyl carbamates (subject to hydrolysis) is 1. The second-order valence-electron chi connectivity index (χ2n) is 6.34. The van der Waals surface area contributed by atoms with Gasteiger partial charge in [-0.05, 0) is 52.9 Å². The minimum absolute atomic E-state index is 0.303. The van der Waals surface area contributed by atoms with Gasteiger partial charge in [0.15, 0.2) is 0 Å². The van der Waals surface area contributed by atoms with E-state index in [2.05, 4.69) is 5.32 Å². The van der Waals surface area contributed by atoms with Crippen molar-refractivity contribution in [2.24, 2.45) is 5.41 Å². The molecule has 0 aliphatic heterocycles. The average Bonchev–Trinajstić information content (AvgIpc) is 2.89. The van der Waals surface area contributed by atoms with Crippen LogP contribution in [0.4, 0.5) is 4.79 Å². The SMILES string of the molecule is CC(C)(C)OC(=O)NC1(C2(C=O)CC2)CCC1. The number of amides is 1. The molecule has 0 heterocycles. The summed E-state index contributed by atoms with van der Waals surface area (Å²) in [5.74, 6) is 0. The fourth-order valence-corrected chi connectivity index (χ4v) is 2.62. The van der Waals surface area contributed by atoms with E-state index in [0.29, 0.717) is 0 Å². The molecule has 0 aromatic rings. The summed E-state index contributed by atoms with van der Waals surface area (Å²) < 4.78 is 5.27. The highest BCUT2D eigenvalue weighted by atomic mass is 16.6. The molecule has 1 N–H and O–H groups in total. The van der Waals surface area contributed by atoms with E-state index in [0.717, 1.165) is 38.4 Å². The van der Waals surface area contributed by atoms with Crippen LogP contribution in [-0.4, -0.2) is 23.5 Å². The van der Waals surface area contributed by atoms with Gasteiger partial charge < -0.3 is 14.8 Å². The highest BCUT2D eigenvalue weighted by Crippen LogP contribution is 2.59. The summed E-state index contributed by atoms with van der Waals surface area (Å²) in [6, 6.07) is 0. The second-order valence-corrected chi connectivity index (χ2v) is 6.34. The van der Waals surface area contributed by atoms with Gasteiger partial charge in [0.25, 0.3) is 0 Å². The molecule has 0 saturated heterocycles. The monoisotopic (exact) mass is 239 g/mol. The van der Waals surface area contributed by atoms with Crippen LogP contribution in [0.2, 0.25) is 0 Å². The number of hydrogen-bond acceptors (Lipinski definition) is 3. The molecule has 0 unspecified atom stereocenters. The lowest BCUT2D eigenvalue weighted by Gasteiger charge is -2.47. The predicted molar refractivity (Wildman–Crippen MR) is 63.7 cm³/mol. The van der Waals surface area contributed by atoms with E-state index in [9.17, 15) is 9.59 Å². The van der Waals surface area contributed by atoms with E-state index >= 15 is 0 Å². The highest BCUT2D eigenvalue weighted by Gasteiger charge is 2.62. The summed E-state index contributed by atoms with van der Waals surface area (Å²) in [7, 11) is 0. The van der Waals surface area contributed by atoms with E-state index in [1.54, 1.807) is 0 Å². The van der Waals surface area contributed by atoms with Crippen molar-refractivity contribution in [3.63, 3.8) is 0 Å². The zero-order valence-electron chi connectivity index (χ0n) is 10.8. The molecular weight excluding hydrogens is 218 g/mol. The van der Waals surface area contributed by atoms with Crippen molar-refractivity contribution in [2.45, 2.75) is 64.0 Å². The summed E-state index contributed by atoms with van der Waals surface area (Å²) in [5.41, 5.74) is -1.12. The molecule has 17 heavy (non-hydrogen) atoms. The van der Waals surface area contributed by atoms with E-state index in [1.165, 1.54) is 0 Å². The van der Waals surface area contributed by atoms with Crippen molar-refractivity contribution in [3.05, 3.63) is 0 Å². The lowest BCUT2D eigenvalue weighted by molar-refractivity contribution is -0.116. The second kappa shape index (κ2) is 3.72. The fraction of sp³-hybridized carbons (Fsp3) is 0.846. The first-order chi connectivity index (χ1) is 7.83. The van der Waals surface area contributed by atoms with E-state index < -0.39 is 11.7 Å². The van der Waals surface area contributed by atoms with Crippen molar-refractivity contribution in [1.29, 1.82) is 0 Å². The third kappa shape index (κ3) is 2.17. The van der Waals surface area contributed by atoms with Crippen LogP contribution < -0.4 is 5.32 Å². The molecule has 0 aromatic carbocycles. The molecule has 0 spiro atoms. The number of nitrogens with one attached hydrogen (secondary N) is 1. The third-order valence-corrected chi connectivity index (χ3v) is 3.91. The van der Waals surface area contributed by atoms with Crippen LogP contribution in [-0.2, 0) is 9.53 Å². The summed E-state index contributed by atoms with van der Waals surface area (Å²) in [6.07, 6.45) is 5.29. The Bertz CT molecular complexity index is 335. The van der Waals surface area contributed by atoms with E-state index in [-0.39, 0.29) is 11.0 Å². The van der Waals surface area contributed by atoms with Gasteiger partial charge in [0.2, 0.25) is 0 Å². The lowest BCUT2D eigenvalue weighted by Crippen LogP contribution is -2.60. The topological polar surface area (TPSA) is 55.4 Å². The van der Waals surface area contributed by atoms with Gasteiger partial charge in [0, 0.05) is 5.41 Å². The summed E-state index contributed by atoms with van der Waals surface area (Å²) in [4.78, 5) is 23.0. The number of ether oxygens (including phenoxy) is 1. The van der Waals surface area contributed by atoms with Crippen LogP contribution in [0.25, 0.3) is 0 Å². The smallest absolute Gasteiger partial charge is 0.408 e. The Morgan fingerprint density at radius 1 is 1.24 bits per heavy atom. The van der Waals surface area contributed by atoms with Gasteiger partial charge in [-0.2, -0.15) is 0 Å². The van der Waals surface area contributed by atoms with Crippen molar-refractivity contribution in [2.75, 3.05) is 0 Å². The van der Waals surface area contributed by atoms with Gasteiger partial charge in [0.05, 0.1) is 5.54 Å². The van der Waals surface area contributed by atoms with Crippen LogP contribution in [0.3, 0.4) is 0 Å². The van der Waals surface area contributed by atoms with Gasteiger partial charge in [-0.3, -0.25) is 0 Å². The highest BCUT2D eigenvalue weighted by molar-refractivity contribution is 5.74. The van der Waals surface area contributed by atoms with Crippen LogP contribution in [0, 0.1) is 5.41 Å². The Morgan fingerprint density at radius 3 is 2.12 bits per heavy atom. The van der Waals surface area contributed by atoms with Gasteiger partial charge >= 0.3 is 6.09 Å². The number of carbonyl (C=O) groups excluding carboxylic acids is 2. The Balaban J connectivity index is 2.01. The van der Waals surface area contributed by atoms with Crippen molar-refractivity contribution in [3.8, 4) is 0 Å². The van der Waals surface area contributed by atoms with Crippen molar-refractivity contribution >= 4 is 12.4 Å². The van der Waals surface area contributed by atoms with Gasteiger partial charge in [-0.15, -0.1) is 0 Å². The molecule has 2 rings (SSSR count). The molecule has 2 fully saturated rings. The van der Waals surface area contributed by atoms with E-state index in [4.69, 9.17) is 4.74 Å². The number of hydrogen-bond donors (Lipinski definition) is 1. The average molecular weight is 239 g/mol. The van der Waals surface area contributed by atoms with Crippen LogP contribution in [0.15, 0.2) is 0 Å². The molecule has 4 heteroatoms. The zero-order chi connectivity index (χ0) is 12.7. The minimum Gasteiger partial charge on any atom is -0.444 e. The van der Waals surface area contributed by atoms with Crippen LogP contribution >= 0.6 is 0 Å². The quantitative estimate of drug-likeness (QED) is 0.769. The molecule has 96 valence electrons. The molecular formula is C13H21NO3. The minimum atomic E-state index is -0.493. The predicted octanol–water partition coefficient (Wildman–Crippen LogP) is 2.41. The normalized spacial score (nSPS) is 24.4. The number of rotatable bonds is 3. The Kier molecular flexibility index (Phi) is 2.71. The maximum atomic E-state index is 11.8. The van der Waals surface area contributed by atoms with Crippen LogP contribution in [0.5, 0.6) is 0 Å². The molecule has 0 aromatic heterocycles. The molecule has 2 aliphatic rings. The first-order valence-electron chi connectivity index (χ1n) is 6.30. The maximum Gasteiger partial charge on any atom is 0.408 e. The third-order valence-electron chi connectivity index (χ3n) is 3.91. The molecule has 1 amide bonds. The first kappa shape index (κ1) is 12.4. The molecule has 0 atom stereocenters. The Labute approximate surface area is 102 Å². The Hall–Kier alpha value is -1.06. The molecule has 4 nitrogen and oxygen atoms in total. The van der Waals surface area contributed by atoms with Gasteiger partial charge in [-0.1, -0.05) is 0 Å². The van der Waals surface area contributed by atoms with E-state index in [1.807, 2.05) is 20.8 Å². The number of aldehydes is 1. The molecule has 0 radical (unpaired) electrons. The van der Waals surface area contributed by atoms with Crippen molar-refractivity contribution in [1.82, 2.24) is 5.32 Å². The summed E-state index contributed by atoms with van der Waals surface area (Å²) >= 11 is 0. The zero-order valence-corrected chi connectivity index (χ0v) is 10.8. The standard InChI is InChI=1S/C13H21NO3/c1-11(2,3)17-10(16)14-13(5-4-6-13)12(9-15)7-8-12/h9H,4-8H2,1-3H3,(H,14,16). The maximum absolute atomic E-state index is 11.8. The summed E-state index contributed by atoms with van der Waals surface area (Å²) in [6.45, 7) is 5.52. The fourth-order valence-electron chi connectivity index (χ4n) is 2.62. The largest absolute Gasteiger partial charge is 0.444 e. The molecule has 2 saturated carbocycles. The molecule has 2 aliphatic carbocycles. The van der Waals surface area contributed by atoms with Crippen LogP contribution in [0.1, 0.15) is 52.9 Å². The number of carbonyl (C=O) groups is 2. The van der Waals surface area contributed by atoms with Gasteiger partial charge in [-0.25, -0.2) is 4.79 Å². The lowest BCUT2D eigenvalue weighted by atomic mass is 9.66. The van der Waals surface area contributed by atoms with Crippen molar-refractivity contribution < 1.29 is 14.3 Å². The Morgan fingerprint density at radius 2 is 1.82 bits per heavy atom.